The monoisotopic (exact) mass is 196 g/mol. The summed E-state index contributed by atoms with van der Waals surface area (Å²) in [6.45, 7) is 2.37. The van der Waals surface area contributed by atoms with Crippen molar-refractivity contribution in [2.24, 2.45) is 0 Å². The summed E-state index contributed by atoms with van der Waals surface area (Å²) in [5, 5.41) is 17.9. The summed E-state index contributed by atoms with van der Waals surface area (Å²) in [5.74, 6) is -0.155. The van der Waals surface area contributed by atoms with Gasteiger partial charge in [-0.2, -0.15) is 5.26 Å². The van der Waals surface area contributed by atoms with Gasteiger partial charge in [0.2, 0.25) is 5.91 Å². The van der Waals surface area contributed by atoms with Crippen LogP contribution in [0.15, 0.2) is 0 Å². The van der Waals surface area contributed by atoms with Crippen molar-refractivity contribution < 1.29 is 9.90 Å². The lowest BCUT2D eigenvalue weighted by molar-refractivity contribution is -0.136. The second-order valence-corrected chi connectivity index (χ2v) is 3.73. The van der Waals surface area contributed by atoms with Gasteiger partial charge in [-0.15, -0.1) is 0 Å². The van der Waals surface area contributed by atoms with Crippen molar-refractivity contribution in [3.63, 3.8) is 0 Å². The molecule has 0 aromatic rings. The molecule has 1 saturated heterocycles. The fraction of sp³-hybridized carbons (Fsp3) is 0.800. The number of aliphatic hydroxyl groups excluding tert-OH is 1. The predicted molar refractivity (Wildman–Crippen MR) is 51.3 cm³/mol. The van der Waals surface area contributed by atoms with Crippen molar-refractivity contribution in [2.45, 2.75) is 44.8 Å². The normalized spacial score (nSPS) is 24.1. The third kappa shape index (κ3) is 2.46. The molecule has 0 aliphatic carbocycles. The first-order valence-electron chi connectivity index (χ1n) is 5.01. The molecule has 1 fully saturated rings. The highest BCUT2D eigenvalue weighted by molar-refractivity contribution is 5.78. The molecule has 78 valence electrons. The van der Waals surface area contributed by atoms with Gasteiger partial charge in [0.1, 0.15) is 6.42 Å². The molecule has 2 atom stereocenters. The second kappa shape index (κ2) is 4.97. The van der Waals surface area contributed by atoms with Crippen molar-refractivity contribution in [3.8, 4) is 6.07 Å². The highest BCUT2D eigenvalue weighted by Crippen LogP contribution is 2.20. The zero-order valence-electron chi connectivity index (χ0n) is 8.44. The Kier molecular flexibility index (Phi) is 3.90. The van der Waals surface area contributed by atoms with Gasteiger partial charge >= 0.3 is 0 Å². The SMILES string of the molecule is C[C@H](O)[C@H]1CCCCN1C(=O)CC#N. The lowest BCUT2D eigenvalue weighted by atomic mass is 9.98. The van der Waals surface area contributed by atoms with Crippen molar-refractivity contribution in [1.29, 1.82) is 5.26 Å². The maximum Gasteiger partial charge on any atom is 0.237 e. The van der Waals surface area contributed by atoms with Gasteiger partial charge in [0.25, 0.3) is 0 Å². The summed E-state index contributed by atoms with van der Waals surface area (Å²) >= 11 is 0. The zero-order chi connectivity index (χ0) is 10.6. The zero-order valence-corrected chi connectivity index (χ0v) is 8.44. The van der Waals surface area contributed by atoms with Gasteiger partial charge in [-0.3, -0.25) is 4.79 Å². The predicted octanol–water partition coefficient (Wildman–Crippen LogP) is 0.662. The maximum atomic E-state index is 11.5. The Morgan fingerprint density at radius 1 is 1.71 bits per heavy atom. The maximum absolute atomic E-state index is 11.5. The molecule has 1 N–H and O–H groups in total. The van der Waals surface area contributed by atoms with Gasteiger partial charge in [0.05, 0.1) is 18.2 Å². The van der Waals surface area contributed by atoms with Crippen LogP contribution in [0.4, 0.5) is 0 Å². The van der Waals surface area contributed by atoms with Crippen LogP contribution in [0, 0.1) is 11.3 Å². The third-order valence-electron chi connectivity index (χ3n) is 2.66. The van der Waals surface area contributed by atoms with Crippen molar-refractivity contribution >= 4 is 5.91 Å². The van der Waals surface area contributed by atoms with E-state index in [-0.39, 0.29) is 18.4 Å². The van der Waals surface area contributed by atoms with E-state index in [1.165, 1.54) is 0 Å². The Balaban J connectivity index is 2.63. The van der Waals surface area contributed by atoms with E-state index in [0.29, 0.717) is 6.54 Å². The molecule has 0 aromatic carbocycles. The molecule has 14 heavy (non-hydrogen) atoms. The lowest BCUT2D eigenvalue weighted by Gasteiger charge is -2.37. The number of rotatable bonds is 2. The fourth-order valence-corrected chi connectivity index (χ4v) is 1.94. The lowest BCUT2D eigenvalue weighted by Crippen LogP contribution is -2.48. The van der Waals surface area contributed by atoms with E-state index < -0.39 is 6.10 Å². The van der Waals surface area contributed by atoms with E-state index in [1.54, 1.807) is 11.8 Å². The minimum Gasteiger partial charge on any atom is -0.391 e. The van der Waals surface area contributed by atoms with Crippen LogP contribution in [0.1, 0.15) is 32.6 Å². The van der Waals surface area contributed by atoms with Crippen LogP contribution < -0.4 is 0 Å². The quantitative estimate of drug-likeness (QED) is 0.705. The number of hydrogen-bond donors (Lipinski definition) is 1. The van der Waals surface area contributed by atoms with Crippen molar-refractivity contribution in [2.75, 3.05) is 6.54 Å². The Morgan fingerprint density at radius 3 is 3.00 bits per heavy atom. The molecule has 1 heterocycles. The highest BCUT2D eigenvalue weighted by atomic mass is 16.3. The number of carbonyl (C=O) groups excluding carboxylic acids is 1. The summed E-state index contributed by atoms with van der Waals surface area (Å²) in [6, 6.07) is 1.76. The van der Waals surface area contributed by atoms with Crippen LogP contribution in [0.2, 0.25) is 0 Å². The third-order valence-corrected chi connectivity index (χ3v) is 2.66. The van der Waals surface area contributed by atoms with Gasteiger partial charge in [-0.05, 0) is 26.2 Å². The van der Waals surface area contributed by atoms with Crippen LogP contribution in [0.5, 0.6) is 0 Å². The molecule has 0 aromatic heterocycles. The standard InChI is InChI=1S/C10H16N2O2/c1-8(13)9-4-2-3-7-12(9)10(14)5-6-11/h8-9,13H,2-5,7H2,1H3/t8-,9+/m0/s1. The Bertz CT molecular complexity index is 245. The van der Waals surface area contributed by atoms with Crippen LogP contribution >= 0.6 is 0 Å². The first kappa shape index (κ1) is 11.0. The van der Waals surface area contributed by atoms with Gasteiger partial charge in [0, 0.05) is 6.54 Å². The van der Waals surface area contributed by atoms with Gasteiger partial charge < -0.3 is 10.0 Å². The molecule has 0 radical (unpaired) electrons. The minimum absolute atomic E-state index is 0.0801. The highest BCUT2D eigenvalue weighted by Gasteiger charge is 2.29. The topological polar surface area (TPSA) is 64.3 Å². The Morgan fingerprint density at radius 2 is 2.43 bits per heavy atom. The van der Waals surface area contributed by atoms with Crippen molar-refractivity contribution in [3.05, 3.63) is 0 Å². The molecule has 1 aliphatic rings. The molecule has 0 spiro atoms. The number of carbonyl (C=O) groups is 1. The van der Waals surface area contributed by atoms with Gasteiger partial charge in [-0.25, -0.2) is 0 Å². The first-order chi connectivity index (χ1) is 6.66. The number of aliphatic hydroxyl groups is 1. The summed E-state index contributed by atoms with van der Waals surface area (Å²) < 4.78 is 0. The number of nitrogens with zero attached hydrogens (tertiary/aromatic N) is 2. The van der Waals surface area contributed by atoms with E-state index in [0.717, 1.165) is 19.3 Å². The van der Waals surface area contributed by atoms with Gasteiger partial charge in [0.15, 0.2) is 0 Å². The number of amides is 1. The van der Waals surface area contributed by atoms with E-state index in [1.807, 2.05) is 6.07 Å². The fourth-order valence-electron chi connectivity index (χ4n) is 1.94. The molecule has 1 amide bonds. The molecule has 0 bridgehead atoms. The van der Waals surface area contributed by atoms with E-state index in [2.05, 4.69) is 0 Å². The number of likely N-dealkylation sites (tertiary alicyclic amines) is 1. The van der Waals surface area contributed by atoms with E-state index in [9.17, 15) is 9.90 Å². The van der Waals surface area contributed by atoms with E-state index in [4.69, 9.17) is 5.26 Å². The molecular formula is C10H16N2O2. The van der Waals surface area contributed by atoms with Crippen LogP contribution in [-0.2, 0) is 4.79 Å². The number of nitriles is 1. The summed E-state index contributed by atoms with van der Waals surface area (Å²) in [4.78, 5) is 13.2. The molecule has 1 rings (SSSR count). The molecule has 0 unspecified atom stereocenters. The minimum atomic E-state index is -0.502. The largest absolute Gasteiger partial charge is 0.391 e. The Labute approximate surface area is 84.1 Å². The first-order valence-corrected chi connectivity index (χ1v) is 5.01. The van der Waals surface area contributed by atoms with Gasteiger partial charge in [-0.1, -0.05) is 0 Å². The molecule has 0 saturated carbocycles. The van der Waals surface area contributed by atoms with Crippen LogP contribution in [0.25, 0.3) is 0 Å². The summed E-state index contributed by atoms with van der Waals surface area (Å²) in [7, 11) is 0. The average molecular weight is 196 g/mol. The van der Waals surface area contributed by atoms with Crippen LogP contribution in [-0.4, -0.2) is 34.6 Å². The molecule has 4 heteroatoms. The van der Waals surface area contributed by atoms with Crippen molar-refractivity contribution in [1.82, 2.24) is 4.90 Å². The molecule has 4 nitrogen and oxygen atoms in total. The Hall–Kier alpha value is -1.08. The summed E-state index contributed by atoms with van der Waals surface area (Å²) in [5.41, 5.74) is 0. The molecule has 1 aliphatic heterocycles. The smallest absolute Gasteiger partial charge is 0.237 e. The van der Waals surface area contributed by atoms with Crippen LogP contribution in [0.3, 0.4) is 0 Å². The summed E-state index contributed by atoms with van der Waals surface area (Å²) in [6.07, 6.45) is 2.28. The second-order valence-electron chi connectivity index (χ2n) is 3.73. The number of hydrogen-bond acceptors (Lipinski definition) is 3. The van der Waals surface area contributed by atoms with E-state index >= 15 is 0 Å². The molecular weight excluding hydrogens is 180 g/mol. The number of piperidine rings is 1. The average Bonchev–Trinajstić information content (AvgIpc) is 2.18.